The van der Waals surface area contributed by atoms with Crippen LogP contribution in [0.5, 0.6) is 5.88 Å². The molecule has 1 aliphatic rings. The largest absolute Gasteiger partial charge is 0.473 e. The number of aliphatic hydroxyl groups excluding tert-OH is 1. The minimum atomic E-state index is -0.152. The second kappa shape index (κ2) is 4.44. The molecule has 0 aromatic carbocycles. The molecule has 1 aromatic heterocycles. The fourth-order valence-electron chi connectivity index (χ4n) is 1.67. The molecule has 0 unspecified atom stereocenters. The lowest BCUT2D eigenvalue weighted by Crippen LogP contribution is -2.36. The maximum Gasteiger partial charge on any atom is 0.244 e. The molecule has 1 saturated carbocycles. The molecule has 0 aliphatic heterocycles. The number of amidine groups is 1. The molecule has 6 heteroatoms. The van der Waals surface area contributed by atoms with Crippen molar-refractivity contribution in [3.8, 4) is 5.88 Å². The number of nitrogens with zero attached hydrogens (tertiary/aromatic N) is 2. The van der Waals surface area contributed by atoms with Crippen molar-refractivity contribution < 1.29 is 9.84 Å². The van der Waals surface area contributed by atoms with Crippen LogP contribution in [0.2, 0.25) is 0 Å². The average Bonchev–Trinajstić information content (AvgIpc) is 2.23. The molecule has 1 heterocycles. The average molecular weight is 222 g/mol. The molecule has 2 rings (SSSR count). The first-order valence-electron chi connectivity index (χ1n) is 5.13. The number of aromatic nitrogens is 2. The van der Waals surface area contributed by atoms with Crippen molar-refractivity contribution in [2.45, 2.75) is 18.9 Å². The van der Waals surface area contributed by atoms with E-state index >= 15 is 0 Å². The van der Waals surface area contributed by atoms with Crippen LogP contribution in [0.15, 0.2) is 12.4 Å². The van der Waals surface area contributed by atoms with Crippen LogP contribution in [-0.4, -0.2) is 33.6 Å². The molecule has 1 fully saturated rings. The minimum absolute atomic E-state index is 0.0481. The number of nitrogens with two attached hydrogens (primary N) is 1. The van der Waals surface area contributed by atoms with Crippen molar-refractivity contribution in [2.75, 3.05) is 6.61 Å². The molecule has 4 N–H and O–H groups in total. The molecular formula is C10H14N4O2. The molecule has 0 amide bonds. The number of nitrogens with one attached hydrogen (secondary N) is 1. The summed E-state index contributed by atoms with van der Waals surface area (Å²) in [5.74, 6) is 0.472. The first kappa shape index (κ1) is 10.8. The lowest BCUT2D eigenvalue weighted by molar-refractivity contribution is 0.0292. The number of hydrogen-bond acceptors (Lipinski definition) is 5. The second-order valence-corrected chi connectivity index (χ2v) is 3.88. The SMILES string of the molecule is N=C(N)c1nccnc1OC1CC(CO)C1. The van der Waals surface area contributed by atoms with Crippen LogP contribution in [0.25, 0.3) is 0 Å². The summed E-state index contributed by atoms with van der Waals surface area (Å²) in [5.41, 5.74) is 5.64. The van der Waals surface area contributed by atoms with Gasteiger partial charge in [-0.25, -0.2) is 9.97 Å². The number of ether oxygens (including phenoxy) is 1. The van der Waals surface area contributed by atoms with Gasteiger partial charge in [-0.2, -0.15) is 0 Å². The smallest absolute Gasteiger partial charge is 0.244 e. The molecule has 1 aliphatic carbocycles. The molecule has 86 valence electrons. The summed E-state index contributed by atoms with van der Waals surface area (Å²) in [7, 11) is 0. The summed E-state index contributed by atoms with van der Waals surface area (Å²) in [5, 5.41) is 16.2. The molecule has 0 atom stereocenters. The summed E-state index contributed by atoms with van der Waals surface area (Å²) in [6.07, 6.45) is 4.65. The summed E-state index contributed by atoms with van der Waals surface area (Å²) in [4.78, 5) is 7.95. The zero-order valence-corrected chi connectivity index (χ0v) is 8.76. The highest BCUT2D eigenvalue weighted by molar-refractivity contribution is 5.94. The van der Waals surface area contributed by atoms with Crippen molar-refractivity contribution in [3.63, 3.8) is 0 Å². The highest BCUT2D eigenvalue weighted by Gasteiger charge is 2.31. The van der Waals surface area contributed by atoms with E-state index in [2.05, 4.69) is 9.97 Å². The van der Waals surface area contributed by atoms with Crippen molar-refractivity contribution in [2.24, 2.45) is 11.7 Å². The lowest BCUT2D eigenvalue weighted by atomic mass is 9.83. The van der Waals surface area contributed by atoms with Crippen LogP contribution in [0.1, 0.15) is 18.5 Å². The molecule has 0 radical (unpaired) electrons. The Bertz CT molecular complexity index is 390. The third-order valence-corrected chi connectivity index (χ3v) is 2.65. The number of nitrogen functional groups attached to an aromatic ring is 1. The Morgan fingerprint density at radius 3 is 2.81 bits per heavy atom. The molecule has 6 nitrogen and oxygen atoms in total. The molecule has 0 spiro atoms. The molecule has 1 aromatic rings. The highest BCUT2D eigenvalue weighted by Crippen LogP contribution is 2.30. The third kappa shape index (κ3) is 2.11. The molecular weight excluding hydrogens is 208 g/mol. The van der Waals surface area contributed by atoms with Crippen molar-refractivity contribution in [1.29, 1.82) is 5.41 Å². The quantitative estimate of drug-likeness (QED) is 0.487. The van der Waals surface area contributed by atoms with Gasteiger partial charge in [-0.05, 0) is 18.8 Å². The number of aliphatic hydroxyl groups is 1. The lowest BCUT2D eigenvalue weighted by Gasteiger charge is -2.33. The van der Waals surface area contributed by atoms with Gasteiger partial charge in [-0.15, -0.1) is 0 Å². The van der Waals surface area contributed by atoms with Gasteiger partial charge in [0.1, 0.15) is 11.9 Å². The topological polar surface area (TPSA) is 105 Å². The molecule has 0 bridgehead atoms. The second-order valence-electron chi connectivity index (χ2n) is 3.88. The predicted molar refractivity (Wildman–Crippen MR) is 57.3 cm³/mol. The zero-order chi connectivity index (χ0) is 11.5. The first-order valence-corrected chi connectivity index (χ1v) is 5.13. The van der Waals surface area contributed by atoms with Gasteiger partial charge in [-0.3, -0.25) is 5.41 Å². The number of rotatable bonds is 4. The summed E-state index contributed by atoms with van der Waals surface area (Å²) in [6.45, 7) is 0.194. The van der Waals surface area contributed by atoms with Crippen molar-refractivity contribution in [1.82, 2.24) is 9.97 Å². The van der Waals surface area contributed by atoms with E-state index in [-0.39, 0.29) is 24.2 Å². The van der Waals surface area contributed by atoms with Crippen molar-refractivity contribution >= 4 is 5.84 Å². The van der Waals surface area contributed by atoms with Crippen molar-refractivity contribution in [3.05, 3.63) is 18.1 Å². The van der Waals surface area contributed by atoms with Gasteiger partial charge in [0.2, 0.25) is 5.88 Å². The Labute approximate surface area is 93.0 Å². The van der Waals surface area contributed by atoms with E-state index in [1.807, 2.05) is 0 Å². The van der Waals surface area contributed by atoms with Crippen LogP contribution >= 0.6 is 0 Å². The Morgan fingerprint density at radius 1 is 1.50 bits per heavy atom. The van der Waals surface area contributed by atoms with Gasteiger partial charge in [-0.1, -0.05) is 0 Å². The fourth-order valence-corrected chi connectivity index (χ4v) is 1.67. The Kier molecular flexibility index (Phi) is 3.00. The Hall–Kier alpha value is -1.69. The van der Waals surface area contributed by atoms with Gasteiger partial charge in [0.25, 0.3) is 0 Å². The van der Waals surface area contributed by atoms with Gasteiger partial charge in [0.05, 0.1) is 0 Å². The minimum Gasteiger partial charge on any atom is -0.473 e. The van der Waals surface area contributed by atoms with Crippen LogP contribution in [-0.2, 0) is 0 Å². The molecule has 0 saturated heterocycles. The van der Waals surface area contributed by atoms with Gasteiger partial charge < -0.3 is 15.6 Å². The maximum absolute atomic E-state index is 8.88. The Morgan fingerprint density at radius 2 is 2.19 bits per heavy atom. The van der Waals surface area contributed by atoms with Gasteiger partial charge >= 0.3 is 0 Å². The van der Waals surface area contributed by atoms with Crippen LogP contribution in [0.4, 0.5) is 0 Å². The van der Waals surface area contributed by atoms with E-state index in [9.17, 15) is 0 Å². The van der Waals surface area contributed by atoms with E-state index < -0.39 is 0 Å². The normalized spacial score (nSPS) is 23.6. The molecule has 16 heavy (non-hydrogen) atoms. The fraction of sp³-hybridized carbons (Fsp3) is 0.500. The predicted octanol–water partition coefficient (Wildman–Crippen LogP) is -0.0896. The summed E-state index contributed by atoms with van der Waals surface area (Å²) in [6, 6.07) is 0. The van der Waals surface area contributed by atoms with E-state index in [1.165, 1.54) is 12.4 Å². The van der Waals surface area contributed by atoms with Crippen LogP contribution in [0.3, 0.4) is 0 Å². The van der Waals surface area contributed by atoms with E-state index in [4.69, 9.17) is 21.0 Å². The highest BCUT2D eigenvalue weighted by atomic mass is 16.5. The first-order chi connectivity index (χ1) is 7.70. The maximum atomic E-state index is 8.88. The third-order valence-electron chi connectivity index (χ3n) is 2.65. The van der Waals surface area contributed by atoms with Gasteiger partial charge in [0, 0.05) is 19.0 Å². The van der Waals surface area contributed by atoms with Crippen LogP contribution in [0, 0.1) is 11.3 Å². The monoisotopic (exact) mass is 222 g/mol. The number of hydrogen-bond donors (Lipinski definition) is 3. The zero-order valence-electron chi connectivity index (χ0n) is 8.76. The Balaban J connectivity index is 2.02. The van der Waals surface area contributed by atoms with Gasteiger partial charge in [0.15, 0.2) is 5.69 Å². The van der Waals surface area contributed by atoms with E-state index in [1.54, 1.807) is 0 Å². The van der Waals surface area contributed by atoms with E-state index in [0.29, 0.717) is 11.8 Å². The summed E-state index contributed by atoms with van der Waals surface area (Å²) >= 11 is 0. The van der Waals surface area contributed by atoms with E-state index in [0.717, 1.165) is 12.8 Å². The summed E-state index contributed by atoms with van der Waals surface area (Å²) < 4.78 is 5.57. The standard InChI is InChI=1S/C10H14N4O2/c11-9(12)8-10(14-2-1-13-8)16-7-3-6(4-7)5-15/h1-2,6-7,15H,3-5H2,(H3,11,12). The van der Waals surface area contributed by atoms with Crippen LogP contribution < -0.4 is 10.5 Å².